The summed E-state index contributed by atoms with van der Waals surface area (Å²) in [5.41, 5.74) is 0.472. The Kier molecular flexibility index (Phi) is 4.06. The van der Waals surface area contributed by atoms with E-state index >= 15 is 0 Å². The predicted molar refractivity (Wildman–Crippen MR) is 69.4 cm³/mol. The first-order valence-corrected chi connectivity index (χ1v) is 6.32. The summed E-state index contributed by atoms with van der Waals surface area (Å²) in [6.07, 6.45) is 4.74. The van der Waals surface area contributed by atoms with E-state index in [4.69, 9.17) is 0 Å². The van der Waals surface area contributed by atoms with Crippen LogP contribution in [0.2, 0.25) is 0 Å². The molecule has 0 fully saturated rings. The van der Waals surface area contributed by atoms with E-state index in [0.717, 1.165) is 11.8 Å². The Bertz CT molecular complexity index is 595. The Labute approximate surface area is 113 Å². The lowest BCUT2D eigenvalue weighted by Crippen LogP contribution is -1.95. The normalized spacial score (nSPS) is 12.1. The van der Waals surface area contributed by atoms with Gasteiger partial charge in [0.1, 0.15) is 5.82 Å². The highest BCUT2D eigenvalue weighted by molar-refractivity contribution is 7.99. The minimum absolute atomic E-state index is 0.0929. The SMILES string of the molecule is CC(Sc1ccc([N+](=O)[O-])cc1F)c1cnccn1. The van der Waals surface area contributed by atoms with Gasteiger partial charge in [-0.15, -0.1) is 11.8 Å². The standard InChI is InChI=1S/C12H10FN3O2S/c1-8(11-7-14-4-5-15-11)19-12-3-2-9(16(17)18)6-10(12)13/h2-8H,1H3. The van der Waals surface area contributed by atoms with Crippen LogP contribution >= 0.6 is 11.8 Å². The fourth-order valence-corrected chi connectivity index (χ4v) is 2.41. The van der Waals surface area contributed by atoms with E-state index in [9.17, 15) is 14.5 Å². The summed E-state index contributed by atoms with van der Waals surface area (Å²) in [5, 5.41) is 10.4. The zero-order chi connectivity index (χ0) is 13.8. The number of halogens is 1. The molecule has 1 aromatic heterocycles. The highest BCUT2D eigenvalue weighted by Crippen LogP contribution is 2.35. The Morgan fingerprint density at radius 3 is 2.79 bits per heavy atom. The summed E-state index contributed by atoms with van der Waals surface area (Å²) in [4.78, 5) is 18.3. The van der Waals surface area contributed by atoms with Crippen molar-refractivity contribution in [1.29, 1.82) is 0 Å². The average Bonchev–Trinajstić information content (AvgIpc) is 2.41. The number of benzene rings is 1. The number of rotatable bonds is 4. The Morgan fingerprint density at radius 1 is 1.42 bits per heavy atom. The molecule has 19 heavy (non-hydrogen) atoms. The van der Waals surface area contributed by atoms with Crippen LogP contribution in [-0.4, -0.2) is 14.9 Å². The topological polar surface area (TPSA) is 68.9 Å². The second-order valence-electron chi connectivity index (χ2n) is 3.76. The zero-order valence-corrected chi connectivity index (χ0v) is 10.8. The van der Waals surface area contributed by atoms with Crippen molar-refractivity contribution in [2.45, 2.75) is 17.1 Å². The number of nitrogens with zero attached hydrogens (tertiary/aromatic N) is 3. The molecule has 2 rings (SSSR count). The first-order valence-electron chi connectivity index (χ1n) is 5.44. The Morgan fingerprint density at radius 2 is 2.21 bits per heavy atom. The van der Waals surface area contributed by atoms with E-state index in [2.05, 4.69) is 9.97 Å². The highest BCUT2D eigenvalue weighted by Gasteiger charge is 2.15. The average molecular weight is 279 g/mol. The first-order chi connectivity index (χ1) is 9.08. The number of non-ortho nitro benzene ring substituents is 1. The van der Waals surface area contributed by atoms with Gasteiger partial charge in [-0.3, -0.25) is 20.1 Å². The van der Waals surface area contributed by atoms with Gasteiger partial charge in [0.2, 0.25) is 0 Å². The van der Waals surface area contributed by atoms with Crippen LogP contribution in [0.4, 0.5) is 10.1 Å². The van der Waals surface area contributed by atoms with Crippen LogP contribution in [0, 0.1) is 15.9 Å². The molecular formula is C12H10FN3O2S. The molecule has 0 aliphatic rings. The number of hydrogen-bond acceptors (Lipinski definition) is 5. The minimum Gasteiger partial charge on any atom is -0.261 e. The first kappa shape index (κ1) is 13.4. The van der Waals surface area contributed by atoms with Crippen molar-refractivity contribution >= 4 is 17.4 Å². The molecule has 0 saturated heterocycles. The molecule has 0 N–H and O–H groups in total. The van der Waals surface area contributed by atoms with Crippen LogP contribution in [0.3, 0.4) is 0 Å². The monoisotopic (exact) mass is 279 g/mol. The van der Waals surface area contributed by atoms with E-state index in [1.54, 1.807) is 18.6 Å². The third-order valence-electron chi connectivity index (χ3n) is 2.43. The van der Waals surface area contributed by atoms with E-state index in [1.807, 2.05) is 6.92 Å². The Balaban J connectivity index is 2.18. The van der Waals surface area contributed by atoms with Crippen LogP contribution in [0.1, 0.15) is 17.9 Å². The van der Waals surface area contributed by atoms with Gasteiger partial charge in [0.15, 0.2) is 0 Å². The predicted octanol–water partition coefficient (Wildman–Crippen LogP) is 3.38. The third kappa shape index (κ3) is 3.25. The van der Waals surface area contributed by atoms with Crippen molar-refractivity contribution in [2.24, 2.45) is 0 Å². The molecule has 0 amide bonds. The summed E-state index contributed by atoms with van der Waals surface area (Å²) in [5.74, 6) is -0.602. The van der Waals surface area contributed by atoms with Gasteiger partial charge in [0.05, 0.1) is 21.9 Å². The molecule has 0 bridgehead atoms. The third-order valence-corrected chi connectivity index (χ3v) is 3.61. The zero-order valence-electron chi connectivity index (χ0n) is 9.99. The van der Waals surface area contributed by atoms with Crippen LogP contribution in [-0.2, 0) is 0 Å². The molecule has 0 aliphatic carbocycles. The van der Waals surface area contributed by atoms with Crippen molar-refractivity contribution in [3.8, 4) is 0 Å². The summed E-state index contributed by atoms with van der Waals surface area (Å²) >= 11 is 1.24. The molecule has 1 unspecified atom stereocenters. The lowest BCUT2D eigenvalue weighted by molar-refractivity contribution is -0.385. The molecule has 1 aromatic carbocycles. The summed E-state index contributed by atoms with van der Waals surface area (Å²) in [7, 11) is 0. The van der Waals surface area contributed by atoms with Gasteiger partial charge in [-0.1, -0.05) is 0 Å². The van der Waals surface area contributed by atoms with Crippen LogP contribution in [0.15, 0.2) is 41.7 Å². The molecule has 2 aromatic rings. The van der Waals surface area contributed by atoms with Gasteiger partial charge in [0.25, 0.3) is 5.69 Å². The number of thioether (sulfide) groups is 1. The largest absolute Gasteiger partial charge is 0.272 e. The number of nitro groups is 1. The quantitative estimate of drug-likeness (QED) is 0.487. The van der Waals surface area contributed by atoms with E-state index in [0.29, 0.717) is 4.90 Å². The fourth-order valence-electron chi connectivity index (χ4n) is 1.47. The highest BCUT2D eigenvalue weighted by atomic mass is 32.2. The molecule has 7 heteroatoms. The number of nitro benzene ring substituents is 1. The van der Waals surface area contributed by atoms with Crippen molar-refractivity contribution in [3.63, 3.8) is 0 Å². The molecule has 0 aliphatic heterocycles. The van der Waals surface area contributed by atoms with E-state index in [1.165, 1.54) is 23.9 Å². The van der Waals surface area contributed by atoms with Gasteiger partial charge in [-0.2, -0.15) is 0 Å². The second kappa shape index (κ2) is 5.75. The van der Waals surface area contributed by atoms with E-state index in [-0.39, 0.29) is 10.9 Å². The van der Waals surface area contributed by atoms with Gasteiger partial charge in [-0.25, -0.2) is 4.39 Å². The molecule has 0 radical (unpaired) electrons. The van der Waals surface area contributed by atoms with Crippen LogP contribution < -0.4 is 0 Å². The molecule has 0 saturated carbocycles. The van der Waals surface area contributed by atoms with Crippen molar-refractivity contribution in [3.05, 3.63) is 58.4 Å². The summed E-state index contributed by atoms with van der Waals surface area (Å²) in [6, 6.07) is 3.62. The van der Waals surface area contributed by atoms with Gasteiger partial charge < -0.3 is 0 Å². The molecular weight excluding hydrogens is 269 g/mol. The van der Waals surface area contributed by atoms with Crippen molar-refractivity contribution < 1.29 is 9.31 Å². The van der Waals surface area contributed by atoms with Crippen molar-refractivity contribution in [2.75, 3.05) is 0 Å². The number of aromatic nitrogens is 2. The van der Waals surface area contributed by atoms with Gasteiger partial charge in [-0.05, 0) is 13.0 Å². The Hall–Kier alpha value is -2.02. The molecule has 1 atom stereocenters. The molecule has 98 valence electrons. The molecule has 1 heterocycles. The summed E-state index contributed by atoms with van der Waals surface area (Å²) in [6.45, 7) is 1.87. The summed E-state index contributed by atoms with van der Waals surface area (Å²) < 4.78 is 13.7. The van der Waals surface area contributed by atoms with Gasteiger partial charge in [0, 0.05) is 29.6 Å². The van der Waals surface area contributed by atoms with Crippen LogP contribution in [0.25, 0.3) is 0 Å². The minimum atomic E-state index is -0.621. The molecule has 5 nitrogen and oxygen atoms in total. The molecule has 0 spiro atoms. The number of hydrogen-bond donors (Lipinski definition) is 0. The van der Waals surface area contributed by atoms with Crippen molar-refractivity contribution in [1.82, 2.24) is 9.97 Å². The smallest absolute Gasteiger partial charge is 0.261 e. The maximum Gasteiger partial charge on any atom is 0.272 e. The fraction of sp³-hybridized carbons (Fsp3) is 0.167. The van der Waals surface area contributed by atoms with E-state index < -0.39 is 10.7 Å². The van der Waals surface area contributed by atoms with Crippen LogP contribution in [0.5, 0.6) is 0 Å². The lowest BCUT2D eigenvalue weighted by Gasteiger charge is -2.10. The lowest BCUT2D eigenvalue weighted by atomic mass is 10.3. The van der Waals surface area contributed by atoms with Gasteiger partial charge >= 0.3 is 0 Å². The second-order valence-corrected chi connectivity index (χ2v) is 5.14. The maximum absolute atomic E-state index is 13.7. The maximum atomic E-state index is 13.7.